The van der Waals surface area contributed by atoms with E-state index in [0.717, 1.165) is 25.1 Å². The highest BCUT2D eigenvalue weighted by atomic mass is 16.4. The topological polar surface area (TPSA) is 98.7 Å². The van der Waals surface area contributed by atoms with Crippen LogP contribution in [-0.2, 0) is 16.0 Å². The fourth-order valence-electron chi connectivity index (χ4n) is 4.56. The van der Waals surface area contributed by atoms with Crippen molar-refractivity contribution in [3.8, 4) is 0 Å². The predicted octanol–water partition coefficient (Wildman–Crippen LogP) is 1.24. The normalized spacial score (nSPS) is 23.9. The molecule has 0 unspecified atom stereocenters. The molecule has 0 bridgehead atoms. The van der Waals surface area contributed by atoms with E-state index in [1.807, 2.05) is 12.1 Å². The number of para-hydroxylation sites is 1. The number of rotatable bonds is 2. The Morgan fingerprint density at radius 2 is 2.00 bits per heavy atom. The minimum Gasteiger partial charge on any atom is -0.481 e. The predicted molar refractivity (Wildman–Crippen MR) is 95.0 cm³/mol. The molecule has 3 N–H and O–H groups in total. The van der Waals surface area contributed by atoms with Crippen LogP contribution in [0.5, 0.6) is 0 Å². The van der Waals surface area contributed by atoms with Crippen LogP contribution in [0.1, 0.15) is 41.6 Å². The Hall–Kier alpha value is -2.57. The standard InChI is InChI=1S/C19H23N3O4/c23-15-11-14(18(25)26)19(21-15)6-9-22(10-7-19)17(24)13-5-1-3-12-4-2-8-20-16(12)13/h1,3,5,14,20H,2,4,6-11H2,(H,21,23)(H,25,26)/t14-/m0/s1. The zero-order valence-electron chi connectivity index (χ0n) is 14.6. The molecule has 3 aliphatic rings. The number of aryl methyl sites for hydroxylation is 1. The van der Waals surface area contributed by atoms with Crippen molar-refractivity contribution < 1.29 is 19.5 Å². The maximum absolute atomic E-state index is 13.0. The fraction of sp³-hybridized carbons (Fsp3) is 0.526. The summed E-state index contributed by atoms with van der Waals surface area (Å²) in [4.78, 5) is 38.1. The molecular weight excluding hydrogens is 334 g/mol. The zero-order chi connectivity index (χ0) is 18.3. The van der Waals surface area contributed by atoms with Gasteiger partial charge in [0.2, 0.25) is 5.91 Å². The summed E-state index contributed by atoms with van der Waals surface area (Å²) in [5, 5.41) is 15.7. The Morgan fingerprint density at radius 1 is 1.23 bits per heavy atom. The van der Waals surface area contributed by atoms with Gasteiger partial charge in [0.25, 0.3) is 5.91 Å². The molecule has 2 fully saturated rings. The second-order valence-corrected chi connectivity index (χ2v) is 7.46. The van der Waals surface area contributed by atoms with Crippen molar-refractivity contribution >= 4 is 23.5 Å². The van der Waals surface area contributed by atoms with Crippen molar-refractivity contribution in [2.24, 2.45) is 5.92 Å². The number of hydrogen-bond donors (Lipinski definition) is 3. The number of fused-ring (bicyclic) bond motifs is 1. The number of piperidine rings is 1. The minimum absolute atomic E-state index is 0.0256. The summed E-state index contributed by atoms with van der Waals surface area (Å²) < 4.78 is 0. The van der Waals surface area contributed by atoms with E-state index in [2.05, 4.69) is 16.7 Å². The lowest BCUT2D eigenvalue weighted by Crippen LogP contribution is -2.56. The third kappa shape index (κ3) is 2.71. The molecule has 0 saturated carbocycles. The van der Waals surface area contributed by atoms with E-state index < -0.39 is 17.4 Å². The lowest BCUT2D eigenvalue weighted by molar-refractivity contribution is -0.144. The average molecular weight is 357 g/mol. The minimum atomic E-state index is -0.940. The van der Waals surface area contributed by atoms with Gasteiger partial charge in [-0.15, -0.1) is 0 Å². The molecule has 2 saturated heterocycles. The number of amides is 2. The quantitative estimate of drug-likeness (QED) is 0.740. The second kappa shape index (κ2) is 6.30. The Morgan fingerprint density at radius 3 is 2.73 bits per heavy atom. The van der Waals surface area contributed by atoms with Gasteiger partial charge in [-0.25, -0.2) is 0 Å². The van der Waals surface area contributed by atoms with Crippen molar-refractivity contribution in [3.05, 3.63) is 29.3 Å². The van der Waals surface area contributed by atoms with E-state index in [1.54, 1.807) is 4.90 Å². The first-order chi connectivity index (χ1) is 12.5. The Labute approximate surface area is 151 Å². The van der Waals surface area contributed by atoms with Crippen molar-refractivity contribution in [2.45, 2.75) is 37.6 Å². The first kappa shape index (κ1) is 16.9. The summed E-state index contributed by atoms with van der Waals surface area (Å²) in [7, 11) is 0. The van der Waals surface area contributed by atoms with Gasteiger partial charge in [-0.1, -0.05) is 12.1 Å². The average Bonchev–Trinajstić information content (AvgIpc) is 2.97. The van der Waals surface area contributed by atoms with Crippen LogP contribution in [0.2, 0.25) is 0 Å². The summed E-state index contributed by atoms with van der Waals surface area (Å²) in [6, 6.07) is 5.82. The molecule has 0 aromatic heterocycles. The van der Waals surface area contributed by atoms with E-state index in [1.165, 1.54) is 5.56 Å². The molecule has 7 nitrogen and oxygen atoms in total. The first-order valence-electron chi connectivity index (χ1n) is 9.19. The van der Waals surface area contributed by atoms with Crippen LogP contribution in [0.15, 0.2) is 18.2 Å². The number of carboxylic acid groups (broad SMARTS) is 1. The summed E-state index contributed by atoms with van der Waals surface area (Å²) in [5.74, 6) is -1.89. The van der Waals surface area contributed by atoms with Crippen molar-refractivity contribution in [1.29, 1.82) is 0 Å². The lowest BCUT2D eigenvalue weighted by atomic mass is 9.77. The number of likely N-dealkylation sites (tertiary alicyclic amines) is 1. The summed E-state index contributed by atoms with van der Waals surface area (Å²) in [5.41, 5.74) is 2.07. The number of hydrogen-bond acceptors (Lipinski definition) is 4. The van der Waals surface area contributed by atoms with Crippen LogP contribution in [0.4, 0.5) is 5.69 Å². The molecule has 7 heteroatoms. The van der Waals surface area contributed by atoms with Gasteiger partial charge in [0.1, 0.15) is 0 Å². The van der Waals surface area contributed by atoms with Crippen molar-refractivity contribution in [2.75, 3.05) is 25.0 Å². The number of carbonyl (C=O) groups is 3. The third-order valence-corrected chi connectivity index (χ3v) is 5.99. The van der Waals surface area contributed by atoms with Gasteiger partial charge in [-0.05, 0) is 37.3 Å². The summed E-state index contributed by atoms with van der Waals surface area (Å²) in [6.07, 6.45) is 3.01. The van der Waals surface area contributed by atoms with Gasteiger partial charge in [-0.3, -0.25) is 14.4 Å². The molecule has 4 rings (SSSR count). The van der Waals surface area contributed by atoms with Crippen LogP contribution in [0, 0.1) is 5.92 Å². The monoisotopic (exact) mass is 357 g/mol. The van der Waals surface area contributed by atoms with Gasteiger partial charge in [0.05, 0.1) is 22.7 Å². The van der Waals surface area contributed by atoms with Gasteiger partial charge in [-0.2, -0.15) is 0 Å². The van der Waals surface area contributed by atoms with Crippen LogP contribution in [-0.4, -0.2) is 53.0 Å². The number of benzene rings is 1. The summed E-state index contributed by atoms with van der Waals surface area (Å²) >= 11 is 0. The molecule has 1 atom stereocenters. The molecule has 1 spiro atoms. The van der Waals surface area contributed by atoms with E-state index in [-0.39, 0.29) is 18.2 Å². The number of carboxylic acids is 1. The van der Waals surface area contributed by atoms with E-state index in [4.69, 9.17) is 0 Å². The number of carbonyl (C=O) groups excluding carboxylic acids is 2. The number of aliphatic carboxylic acids is 1. The maximum atomic E-state index is 13.0. The first-order valence-corrected chi connectivity index (χ1v) is 9.19. The molecule has 3 heterocycles. The molecular formula is C19H23N3O4. The molecule has 26 heavy (non-hydrogen) atoms. The maximum Gasteiger partial charge on any atom is 0.309 e. The smallest absolute Gasteiger partial charge is 0.309 e. The van der Waals surface area contributed by atoms with Gasteiger partial charge in [0.15, 0.2) is 0 Å². The molecule has 0 aliphatic carbocycles. The van der Waals surface area contributed by atoms with Gasteiger partial charge in [0, 0.05) is 26.1 Å². The molecule has 138 valence electrons. The summed E-state index contributed by atoms with van der Waals surface area (Å²) in [6.45, 7) is 1.77. The number of anilines is 1. The molecule has 1 aromatic carbocycles. The largest absolute Gasteiger partial charge is 0.481 e. The zero-order valence-corrected chi connectivity index (χ0v) is 14.6. The number of nitrogens with one attached hydrogen (secondary N) is 2. The van der Waals surface area contributed by atoms with Gasteiger partial charge < -0.3 is 20.6 Å². The highest BCUT2D eigenvalue weighted by molar-refractivity contribution is 6.00. The third-order valence-electron chi connectivity index (χ3n) is 5.99. The Balaban J connectivity index is 1.51. The second-order valence-electron chi connectivity index (χ2n) is 7.46. The van der Waals surface area contributed by atoms with E-state index >= 15 is 0 Å². The van der Waals surface area contributed by atoms with E-state index in [0.29, 0.717) is 31.5 Å². The highest BCUT2D eigenvalue weighted by Gasteiger charge is 2.52. The van der Waals surface area contributed by atoms with Crippen LogP contribution in [0.25, 0.3) is 0 Å². The SMILES string of the molecule is O=C1C[C@@H](C(=O)O)C2(CCN(C(=O)c3cccc4c3NCCC4)CC2)N1. The van der Waals surface area contributed by atoms with Gasteiger partial charge >= 0.3 is 5.97 Å². The van der Waals surface area contributed by atoms with Crippen LogP contribution < -0.4 is 10.6 Å². The Bertz CT molecular complexity index is 768. The molecule has 3 aliphatic heterocycles. The molecule has 0 radical (unpaired) electrons. The Kier molecular flexibility index (Phi) is 4.09. The van der Waals surface area contributed by atoms with Crippen LogP contribution >= 0.6 is 0 Å². The van der Waals surface area contributed by atoms with Crippen molar-refractivity contribution in [1.82, 2.24) is 10.2 Å². The number of nitrogens with zero attached hydrogens (tertiary/aromatic N) is 1. The lowest BCUT2D eigenvalue weighted by Gasteiger charge is -2.41. The molecule has 1 aromatic rings. The molecule has 2 amide bonds. The van der Waals surface area contributed by atoms with Crippen molar-refractivity contribution in [3.63, 3.8) is 0 Å². The van der Waals surface area contributed by atoms with Crippen LogP contribution in [0.3, 0.4) is 0 Å². The highest BCUT2D eigenvalue weighted by Crippen LogP contribution is 2.37. The van der Waals surface area contributed by atoms with E-state index in [9.17, 15) is 19.5 Å². The fourth-order valence-corrected chi connectivity index (χ4v) is 4.56.